The van der Waals surface area contributed by atoms with Gasteiger partial charge in [0, 0.05) is 38.3 Å². The third-order valence-electron chi connectivity index (χ3n) is 4.95. The summed E-state index contributed by atoms with van der Waals surface area (Å²) in [5.41, 5.74) is 3.80. The molecule has 0 saturated carbocycles. The minimum Gasteiger partial charge on any atom is -0.378 e. The standard InChI is InChI=1S/C22H33N2/c1-5-7-8-19(6-2)13-16-24-17-14-21(15-18-24)20-9-11-22(12-10-20)23(3)4/h9-12,14-15,17-19H,5-8,13,16H2,1-4H3/q+1. The Labute approximate surface area is 148 Å². The van der Waals surface area contributed by atoms with E-state index in [1.165, 1.54) is 48.9 Å². The van der Waals surface area contributed by atoms with Crippen molar-refractivity contribution in [3.8, 4) is 11.1 Å². The summed E-state index contributed by atoms with van der Waals surface area (Å²) in [4.78, 5) is 2.13. The van der Waals surface area contributed by atoms with Crippen molar-refractivity contribution in [3.05, 3.63) is 48.8 Å². The number of rotatable bonds is 9. The summed E-state index contributed by atoms with van der Waals surface area (Å²) in [6.45, 7) is 5.73. The molecule has 2 aromatic rings. The van der Waals surface area contributed by atoms with E-state index in [1.54, 1.807) is 0 Å². The molecule has 1 atom stereocenters. The van der Waals surface area contributed by atoms with Gasteiger partial charge in [-0.15, -0.1) is 0 Å². The zero-order chi connectivity index (χ0) is 17.4. The molecule has 2 rings (SSSR count). The molecule has 0 saturated heterocycles. The first-order valence-corrected chi connectivity index (χ1v) is 9.41. The maximum Gasteiger partial charge on any atom is 0.169 e. The molecule has 2 nitrogen and oxygen atoms in total. The minimum atomic E-state index is 0.871. The Hall–Kier alpha value is -1.83. The number of pyridine rings is 1. The predicted octanol–water partition coefficient (Wildman–Crippen LogP) is 5.31. The van der Waals surface area contributed by atoms with Crippen LogP contribution in [0.15, 0.2) is 48.8 Å². The van der Waals surface area contributed by atoms with E-state index in [1.807, 2.05) is 0 Å². The molecule has 1 aromatic heterocycles. The summed E-state index contributed by atoms with van der Waals surface area (Å²) in [6, 6.07) is 13.2. The highest BCUT2D eigenvalue weighted by molar-refractivity contribution is 5.65. The van der Waals surface area contributed by atoms with Gasteiger partial charge in [0.25, 0.3) is 0 Å². The second-order valence-corrected chi connectivity index (χ2v) is 6.97. The number of anilines is 1. The van der Waals surface area contributed by atoms with Crippen LogP contribution in [-0.2, 0) is 6.54 Å². The minimum absolute atomic E-state index is 0.871. The second kappa shape index (κ2) is 9.46. The Morgan fingerprint density at radius 1 is 0.875 bits per heavy atom. The maximum absolute atomic E-state index is 2.33. The number of aryl methyl sites for hydroxylation is 1. The normalized spacial score (nSPS) is 12.2. The molecule has 1 unspecified atom stereocenters. The first kappa shape index (κ1) is 18.5. The lowest BCUT2D eigenvalue weighted by Gasteiger charge is -2.13. The highest BCUT2D eigenvalue weighted by Gasteiger charge is 2.10. The summed E-state index contributed by atoms with van der Waals surface area (Å²) in [5, 5.41) is 0. The molecule has 0 fully saturated rings. The molecule has 0 aliphatic carbocycles. The van der Waals surface area contributed by atoms with E-state index >= 15 is 0 Å². The highest BCUT2D eigenvalue weighted by Crippen LogP contribution is 2.21. The van der Waals surface area contributed by atoms with Gasteiger partial charge in [0.05, 0.1) is 0 Å². The second-order valence-electron chi connectivity index (χ2n) is 6.97. The first-order valence-electron chi connectivity index (χ1n) is 9.41. The van der Waals surface area contributed by atoms with Crippen LogP contribution in [0.1, 0.15) is 46.0 Å². The van der Waals surface area contributed by atoms with Gasteiger partial charge in [-0.05, 0) is 29.2 Å². The van der Waals surface area contributed by atoms with E-state index in [0.717, 1.165) is 12.5 Å². The zero-order valence-electron chi connectivity index (χ0n) is 15.8. The van der Waals surface area contributed by atoms with Crippen molar-refractivity contribution < 1.29 is 4.57 Å². The molecule has 1 heterocycles. The zero-order valence-corrected chi connectivity index (χ0v) is 15.8. The van der Waals surface area contributed by atoms with Crippen LogP contribution in [0.25, 0.3) is 11.1 Å². The molecule has 0 bridgehead atoms. The number of hydrogen-bond donors (Lipinski definition) is 0. The summed E-state index contributed by atoms with van der Waals surface area (Å²) in [7, 11) is 4.15. The smallest absolute Gasteiger partial charge is 0.169 e. The van der Waals surface area contributed by atoms with Gasteiger partial charge in [-0.1, -0.05) is 51.7 Å². The summed E-state index contributed by atoms with van der Waals surface area (Å²) < 4.78 is 2.33. The largest absolute Gasteiger partial charge is 0.378 e. The quantitative estimate of drug-likeness (QED) is 0.566. The Morgan fingerprint density at radius 2 is 1.50 bits per heavy atom. The van der Waals surface area contributed by atoms with Crippen molar-refractivity contribution >= 4 is 5.69 Å². The lowest BCUT2D eigenvalue weighted by Crippen LogP contribution is -2.33. The molecule has 0 aliphatic rings. The molecular formula is C22H33N2+. The lowest BCUT2D eigenvalue weighted by molar-refractivity contribution is -0.698. The topological polar surface area (TPSA) is 7.12 Å². The van der Waals surface area contributed by atoms with Crippen LogP contribution in [0.3, 0.4) is 0 Å². The van der Waals surface area contributed by atoms with Crippen molar-refractivity contribution in [2.75, 3.05) is 19.0 Å². The van der Waals surface area contributed by atoms with Gasteiger partial charge in [0.15, 0.2) is 12.4 Å². The summed E-state index contributed by atoms with van der Waals surface area (Å²) in [5.74, 6) is 0.871. The average molecular weight is 326 g/mol. The van der Waals surface area contributed by atoms with Crippen molar-refractivity contribution in [2.24, 2.45) is 5.92 Å². The van der Waals surface area contributed by atoms with E-state index in [-0.39, 0.29) is 0 Å². The Balaban J connectivity index is 1.94. The number of nitrogens with zero attached hydrogens (tertiary/aromatic N) is 2. The van der Waals surface area contributed by atoms with Crippen molar-refractivity contribution in [2.45, 2.75) is 52.5 Å². The van der Waals surface area contributed by atoms with Crippen molar-refractivity contribution in [1.82, 2.24) is 0 Å². The molecule has 0 radical (unpaired) electrons. The highest BCUT2D eigenvalue weighted by atomic mass is 15.1. The monoisotopic (exact) mass is 325 g/mol. The van der Waals surface area contributed by atoms with Crippen LogP contribution in [0.5, 0.6) is 0 Å². The Morgan fingerprint density at radius 3 is 2.04 bits per heavy atom. The average Bonchev–Trinajstić information content (AvgIpc) is 2.62. The van der Waals surface area contributed by atoms with Crippen LogP contribution >= 0.6 is 0 Å². The fourth-order valence-corrected chi connectivity index (χ4v) is 3.13. The molecule has 130 valence electrons. The van der Waals surface area contributed by atoms with Gasteiger partial charge in [0.1, 0.15) is 6.54 Å². The molecule has 0 aliphatic heterocycles. The van der Waals surface area contributed by atoms with E-state index in [2.05, 4.69) is 86.2 Å². The van der Waals surface area contributed by atoms with Gasteiger partial charge in [-0.25, -0.2) is 4.57 Å². The Kier molecular flexibility index (Phi) is 7.30. The molecule has 0 N–H and O–H groups in total. The van der Waals surface area contributed by atoms with E-state index in [4.69, 9.17) is 0 Å². The van der Waals surface area contributed by atoms with E-state index in [0.29, 0.717) is 0 Å². The molecule has 0 amide bonds. The molecule has 0 spiro atoms. The SMILES string of the molecule is CCCCC(CC)CC[n+]1ccc(-c2ccc(N(C)C)cc2)cc1. The fraction of sp³-hybridized carbons (Fsp3) is 0.500. The number of aromatic nitrogens is 1. The lowest BCUT2D eigenvalue weighted by atomic mass is 9.96. The third-order valence-corrected chi connectivity index (χ3v) is 4.95. The predicted molar refractivity (Wildman–Crippen MR) is 104 cm³/mol. The Bertz CT molecular complexity index is 584. The van der Waals surface area contributed by atoms with Crippen LogP contribution in [0, 0.1) is 5.92 Å². The molecule has 1 aromatic carbocycles. The van der Waals surface area contributed by atoms with Crippen LogP contribution in [0.2, 0.25) is 0 Å². The summed E-state index contributed by atoms with van der Waals surface area (Å²) in [6.07, 6.45) is 11.1. The fourth-order valence-electron chi connectivity index (χ4n) is 3.13. The van der Waals surface area contributed by atoms with Gasteiger partial charge in [0.2, 0.25) is 0 Å². The van der Waals surface area contributed by atoms with E-state index in [9.17, 15) is 0 Å². The molecule has 2 heteroatoms. The first-order chi connectivity index (χ1) is 11.6. The maximum atomic E-state index is 2.33. The van der Waals surface area contributed by atoms with Crippen LogP contribution < -0.4 is 9.47 Å². The van der Waals surface area contributed by atoms with Crippen LogP contribution in [-0.4, -0.2) is 14.1 Å². The molecule has 24 heavy (non-hydrogen) atoms. The van der Waals surface area contributed by atoms with Gasteiger partial charge in [-0.3, -0.25) is 0 Å². The van der Waals surface area contributed by atoms with Crippen molar-refractivity contribution in [3.63, 3.8) is 0 Å². The van der Waals surface area contributed by atoms with Crippen molar-refractivity contribution in [1.29, 1.82) is 0 Å². The van der Waals surface area contributed by atoms with Gasteiger partial charge < -0.3 is 4.90 Å². The number of unbranched alkanes of at least 4 members (excludes halogenated alkanes) is 1. The van der Waals surface area contributed by atoms with Gasteiger partial charge >= 0.3 is 0 Å². The van der Waals surface area contributed by atoms with Gasteiger partial charge in [-0.2, -0.15) is 0 Å². The number of hydrogen-bond acceptors (Lipinski definition) is 1. The summed E-state index contributed by atoms with van der Waals surface area (Å²) >= 11 is 0. The molecular weight excluding hydrogens is 292 g/mol. The van der Waals surface area contributed by atoms with Crippen LogP contribution in [0.4, 0.5) is 5.69 Å². The number of benzene rings is 1. The van der Waals surface area contributed by atoms with E-state index < -0.39 is 0 Å². The third kappa shape index (κ3) is 5.36.